The zero-order chi connectivity index (χ0) is 20.8. The normalized spacial score (nSPS) is 43.6. The molecule has 4 aliphatic carbocycles. The van der Waals surface area contributed by atoms with E-state index < -0.39 is 0 Å². The van der Waals surface area contributed by atoms with E-state index in [1.807, 2.05) is 0 Å². The van der Waals surface area contributed by atoms with Crippen molar-refractivity contribution in [2.45, 2.75) is 84.8 Å². The molecule has 7 atom stereocenters. The van der Waals surface area contributed by atoms with Gasteiger partial charge in [-0.25, -0.2) is 0 Å². The third kappa shape index (κ3) is 3.31. The van der Waals surface area contributed by atoms with E-state index in [-0.39, 0.29) is 30.4 Å². The van der Waals surface area contributed by atoms with Crippen LogP contribution in [0.4, 0.5) is 0 Å². The Labute approximate surface area is 176 Å². The third-order valence-corrected chi connectivity index (χ3v) is 9.02. The van der Waals surface area contributed by atoms with Gasteiger partial charge in [0.05, 0.1) is 6.10 Å². The highest BCUT2D eigenvalue weighted by atomic mass is 16.7. The van der Waals surface area contributed by atoms with E-state index in [4.69, 9.17) is 14.2 Å². The topological polar surface area (TPSA) is 44.8 Å². The molecule has 3 fully saturated rings. The van der Waals surface area contributed by atoms with Crippen molar-refractivity contribution < 1.29 is 19.0 Å². The maximum atomic E-state index is 12.0. The van der Waals surface area contributed by atoms with Gasteiger partial charge in [-0.1, -0.05) is 50.5 Å². The summed E-state index contributed by atoms with van der Waals surface area (Å²) in [7, 11) is 1.65. The van der Waals surface area contributed by atoms with Crippen LogP contribution in [0.3, 0.4) is 0 Å². The van der Waals surface area contributed by atoms with Crippen molar-refractivity contribution in [2.24, 2.45) is 28.6 Å². The minimum absolute atomic E-state index is 0.0402. The highest BCUT2D eigenvalue weighted by Gasteiger charge is 2.59. The maximum Gasteiger partial charge on any atom is 0.302 e. The lowest BCUT2D eigenvalue weighted by Gasteiger charge is -2.57. The molecule has 4 aliphatic rings. The first-order chi connectivity index (χ1) is 13.8. The fourth-order valence-corrected chi connectivity index (χ4v) is 7.44. The molecule has 0 amide bonds. The lowest BCUT2D eigenvalue weighted by Crippen LogP contribution is -2.53. The van der Waals surface area contributed by atoms with Crippen LogP contribution in [-0.4, -0.2) is 32.1 Å². The second kappa shape index (κ2) is 7.85. The molecule has 29 heavy (non-hydrogen) atoms. The number of carbonyl (C=O) groups is 1. The van der Waals surface area contributed by atoms with E-state index in [0.717, 1.165) is 18.8 Å². The Kier molecular flexibility index (Phi) is 5.71. The summed E-state index contributed by atoms with van der Waals surface area (Å²) in [5, 5.41) is 0. The van der Waals surface area contributed by atoms with Crippen molar-refractivity contribution in [3.63, 3.8) is 0 Å². The summed E-state index contributed by atoms with van der Waals surface area (Å²) in [5.41, 5.74) is 3.34. The molecule has 3 saturated carbocycles. The molecule has 0 radical (unpaired) electrons. The number of allylic oxidation sites excluding steroid dienone is 3. The van der Waals surface area contributed by atoms with Gasteiger partial charge in [-0.05, 0) is 55.3 Å². The van der Waals surface area contributed by atoms with Crippen LogP contribution in [-0.2, 0) is 19.0 Å². The molecule has 4 nitrogen and oxygen atoms in total. The van der Waals surface area contributed by atoms with Crippen molar-refractivity contribution in [2.75, 3.05) is 13.9 Å². The van der Waals surface area contributed by atoms with E-state index in [2.05, 4.69) is 32.9 Å². The number of ether oxygens (including phenoxy) is 3. The van der Waals surface area contributed by atoms with Crippen LogP contribution in [0.25, 0.3) is 0 Å². The third-order valence-electron chi connectivity index (χ3n) is 9.02. The Morgan fingerprint density at radius 3 is 2.66 bits per heavy atom. The van der Waals surface area contributed by atoms with Gasteiger partial charge in [-0.2, -0.15) is 0 Å². The number of fused-ring (bicyclic) bond motifs is 5. The zero-order valence-electron chi connectivity index (χ0n) is 18.8. The van der Waals surface area contributed by atoms with Crippen molar-refractivity contribution >= 4 is 5.97 Å². The summed E-state index contributed by atoms with van der Waals surface area (Å²) >= 11 is 0. The van der Waals surface area contributed by atoms with Gasteiger partial charge in [-0.3, -0.25) is 4.79 Å². The van der Waals surface area contributed by atoms with E-state index >= 15 is 0 Å². The molecule has 0 N–H and O–H groups in total. The van der Waals surface area contributed by atoms with Crippen LogP contribution in [0.5, 0.6) is 0 Å². The number of hydrogen-bond donors (Lipinski definition) is 0. The first-order valence-electron chi connectivity index (χ1n) is 11.5. The highest BCUT2D eigenvalue weighted by Crippen LogP contribution is 2.65. The molecular weight excluding hydrogens is 364 g/mol. The van der Waals surface area contributed by atoms with Crippen LogP contribution in [0.15, 0.2) is 23.3 Å². The summed E-state index contributed by atoms with van der Waals surface area (Å²) in [5.74, 6) is 1.81. The largest absolute Gasteiger partial charge is 0.462 e. The second-order valence-electron chi connectivity index (χ2n) is 10.2. The summed E-state index contributed by atoms with van der Waals surface area (Å²) in [6.07, 6.45) is 12.8. The molecule has 0 bridgehead atoms. The maximum absolute atomic E-state index is 12.0. The Morgan fingerprint density at radius 2 is 1.97 bits per heavy atom. The van der Waals surface area contributed by atoms with Crippen molar-refractivity contribution in [3.05, 3.63) is 23.3 Å². The molecule has 0 saturated heterocycles. The average molecular weight is 403 g/mol. The Bertz CT molecular complexity index is 710. The number of hydrogen-bond acceptors (Lipinski definition) is 4. The smallest absolute Gasteiger partial charge is 0.302 e. The second-order valence-corrected chi connectivity index (χ2v) is 10.2. The van der Waals surface area contributed by atoms with Crippen LogP contribution in [0, 0.1) is 28.6 Å². The molecule has 4 heteroatoms. The van der Waals surface area contributed by atoms with Crippen molar-refractivity contribution in [1.82, 2.24) is 0 Å². The first kappa shape index (κ1) is 21.1. The average Bonchev–Trinajstić information content (AvgIpc) is 3.03. The van der Waals surface area contributed by atoms with Gasteiger partial charge in [0.2, 0.25) is 0 Å². The first-order valence-corrected chi connectivity index (χ1v) is 11.5. The number of carbonyl (C=O) groups excluding carboxylic acids is 1. The Morgan fingerprint density at radius 1 is 1.17 bits per heavy atom. The predicted octanol–water partition coefficient (Wildman–Crippen LogP) is 5.43. The van der Waals surface area contributed by atoms with Gasteiger partial charge in [0.15, 0.2) is 0 Å². The van der Waals surface area contributed by atoms with Crippen LogP contribution < -0.4 is 0 Å². The Hall–Kier alpha value is -1.13. The van der Waals surface area contributed by atoms with Gasteiger partial charge < -0.3 is 14.2 Å². The fourth-order valence-electron chi connectivity index (χ4n) is 7.44. The molecule has 162 valence electrons. The van der Waals surface area contributed by atoms with Crippen molar-refractivity contribution in [3.8, 4) is 0 Å². The van der Waals surface area contributed by atoms with Crippen LogP contribution in [0.2, 0.25) is 0 Å². The summed E-state index contributed by atoms with van der Waals surface area (Å²) in [4.78, 5) is 12.0. The number of rotatable bonds is 5. The van der Waals surface area contributed by atoms with Gasteiger partial charge in [0.25, 0.3) is 0 Å². The van der Waals surface area contributed by atoms with Gasteiger partial charge >= 0.3 is 5.97 Å². The summed E-state index contributed by atoms with van der Waals surface area (Å²) in [6.45, 7) is 9.07. The lowest BCUT2D eigenvalue weighted by atomic mass is 9.49. The molecule has 4 rings (SSSR count). The highest BCUT2D eigenvalue weighted by molar-refractivity contribution is 5.66. The van der Waals surface area contributed by atoms with Crippen molar-refractivity contribution in [1.29, 1.82) is 0 Å². The van der Waals surface area contributed by atoms with E-state index in [0.29, 0.717) is 17.3 Å². The fraction of sp³-hybridized carbons (Fsp3) is 0.800. The lowest BCUT2D eigenvalue weighted by molar-refractivity contribution is -0.165. The standard InChI is InChI=1S/C25H38O4/c1-6-17-8-10-21-20-9-7-18-13-19(28-15-27-5)14-23(29-16(2)26)25(18,4)22(20)11-12-24(17,21)3/h7,9,17,19,21-23H,6,8,10-15H2,1-5H3/t17-,19+,21-,22-,23-,24+,25-/m0/s1. The molecule has 0 aromatic heterocycles. The molecule has 0 spiro atoms. The zero-order valence-corrected chi connectivity index (χ0v) is 18.8. The predicted molar refractivity (Wildman–Crippen MR) is 113 cm³/mol. The minimum atomic E-state index is -0.188. The van der Waals surface area contributed by atoms with E-state index in [1.165, 1.54) is 44.6 Å². The molecule has 0 unspecified atom stereocenters. The van der Waals surface area contributed by atoms with Gasteiger partial charge in [0.1, 0.15) is 12.9 Å². The molecular formula is C25H38O4. The quantitative estimate of drug-likeness (QED) is 0.455. The SMILES string of the molecule is CC[C@H]1CC[C@H]2C3=CC=C4C[C@@H](OCOC)C[C@H](OC(C)=O)[C@]4(C)[C@H]3CC[C@]12C. The summed E-state index contributed by atoms with van der Waals surface area (Å²) < 4.78 is 17.0. The Balaban J connectivity index is 1.68. The van der Waals surface area contributed by atoms with Crippen LogP contribution in [0.1, 0.15) is 72.6 Å². The molecule has 0 aromatic rings. The molecule has 0 aliphatic heterocycles. The van der Waals surface area contributed by atoms with Gasteiger partial charge in [0, 0.05) is 25.9 Å². The summed E-state index contributed by atoms with van der Waals surface area (Å²) in [6, 6.07) is 0. The van der Waals surface area contributed by atoms with E-state index in [9.17, 15) is 4.79 Å². The molecule has 0 aromatic carbocycles. The van der Waals surface area contributed by atoms with Crippen LogP contribution >= 0.6 is 0 Å². The van der Waals surface area contributed by atoms with Gasteiger partial charge in [-0.15, -0.1) is 0 Å². The number of esters is 1. The van der Waals surface area contributed by atoms with E-state index in [1.54, 1.807) is 12.7 Å². The minimum Gasteiger partial charge on any atom is -0.462 e. The molecule has 0 heterocycles. The monoisotopic (exact) mass is 402 g/mol. The number of methoxy groups -OCH3 is 1.